The van der Waals surface area contributed by atoms with Gasteiger partial charge in [0.15, 0.2) is 0 Å². The van der Waals surface area contributed by atoms with E-state index in [1.165, 1.54) is 6.08 Å². The topological polar surface area (TPSA) is 42.4 Å². The maximum atomic E-state index is 11.4. The molecule has 1 aromatic heterocycles. The lowest BCUT2D eigenvalue weighted by atomic mass is 10.3. The third-order valence-electron chi connectivity index (χ3n) is 2.28. The van der Waals surface area contributed by atoms with Gasteiger partial charge in [0.05, 0.1) is 13.2 Å². The second kappa shape index (κ2) is 4.55. The van der Waals surface area contributed by atoms with Gasteiger partial charge in [-0.3, -0.25) is 4.79 Å². The van der Waals surface area contributed by atoms with Crippen molar-refractivity contribution < 1.29 is 9.53 Å². The highest BCUT2D eigenvalue weighted by Crippen LogP contribution is 2.23. The van der Waals surface area contributed by atoms with Crippen LogP contribution in [0.15, 0.2) is 24.2 Å². The average molecular weight is 224 g/mol. The Hall–Kier alpha value is -1.20. The van der Waals surface area contributed by atoms with Crippen molar-refractivity contribution in [2.24, 2.45) is 0 Å². The molecule has 2 heterocycles. The summed E-state index contributed by atoms with van der Waals surface area (Å²) >= 11 is 1.55. The van der Waals surface area contributed by atoms with E-state index in [0.29, 0.717) is 19.7 Å². The highest BCUT2D eigenvalue weighted by molar-refractivity contribution is 7.09. The fraction of sp³-hybridized carbons (Fsp3) is 0.400. The maximum absolute atomic E-state index is 11.4. The van der Waals surface area contributed by atoms with Crippen molar-refractivity contribution in [3.63, 3.8) is 0 Å². The second-order valence-corrected chi connectivity index (χ2v) is 4.14. The maximum Gasteiger partial charge on any atom is 0.246 e. The third-order valence-corrected chi connectivity index (χ3v) is 3.15. The lowest BCUT2D eigenvalue weighted by Gasteiger charge is -2.31. The lowest BCUT2D eigenvalue weighted by molar-refractivity contribution is -0.133. The minimum Gasteiger partial charge on any atom is -0.367 e. The SMILES string of the molecule is C=CC(=O)N1CCOC(c2nccs2)C1. The van der Waals surface area contributed by atoms with E-state index in [1.807, 2.05) is 5.38 Å². The first-order valence-electron chi connectivity index (χ1n) is 4.73. The number of amides is 1. The van der Waals surface area contributed by atoms with Crippen LogP contribution in [0.1, 0.15) is 11.1 Å². The van der Waals surface area contributed by atoms with Gasteiger partial charge in [-0.15, -0.1) is 11.3 Å². The monoisotopic (exact) mass is 224 g/mol. The molecule has 1 amide bonds. The molecule has 0 radical (unpaired) electrons. The van der Waals surface area contributed by atoms with Crippen molar-refractivity contribution in [1.82, 2.24) is 9.88 Å². The zero-order valence-corrected chi connectivity index (χ0v) is 9.07. The summed E-state index contributed by atoms with van der Waals surface area (Å²) in [6.07, 6.45) is 3.00. The van der Waals surface area contributed by atoms with E-state index in [-0.39, 0.29) is 12.0 Å². The van der Waals surface area contributed by atoms with Crippen LogP contribution < -0.4 is 0 Å². The molecule has 1 saturated heterocycles. The molecule has 0 saturated carbocycles. The molecule has 0 bridgehead atoms. The molecule has 0 N–H and O–H groups in total. The van der Waals surface area contributed by atoms with E-state index in [4.69, 9.17) is 4.74 Å². The predicted molar refractivity (Wildman–Crippen MR) is 57.6 cm³/mol. The normalized spacial score (nSPS) is 21.3. The third kappa shape index (κ3) is 2.24. The van der Waals surface area contributed by atoms with Crippen molar-refractivity contribution >= 4 is 17.2 Å². The first kappa shape index (κ1) is 10.3. The van der Waals surface area contributed by atoms with Crippen LogP contribution >= 0.6 is 11.3 Å². The van der Waals surface area contributed by atoms with E-state index in [9.17, 15) is 4.79 Å². The summed E-state index contributed by atoms with van der Waals surface area (Å²) in [6.45, 7) is 5.24. The van der Waals surface area contributed by atoms with Crippen molar-refractivity contribution in [2.45, 2.75) is 6.10 Å². The van der Waals surface area contributed by atoms with E-state index < -0.39 is 0 Å². The van der Waals surface area contributed by atoms with Gasteiger partial charge < -0.3 is 9.64 Å². The molecule has 1 aliphatic heterocycles. The fourth-order valence-corrected chi connectivity index (χ4v) is 2.20. The number of carbonyl (C=O) groups excluding carboxylic acids is 1. The van der Waals surface area contributed by atoms with E-state index in [0.717, 1.165) is 5.01 Å². The Labute approximate surface area is 92.2 Å². The molecule has 1 aromatic rings. The van der Waals surface area contributed by atoms with Gasteiger partial charge in [0.2, 0.25) is 5.91 Å². The van der Waals surface area contributed by atoms with Crippen molar-refractivity contribution in [1.29, 1.82) is 0 Å². The van der Waals surface area contributed by atoms with Crippen molar-refractivity contribution in [2.75, 3.05) is 19.7 Å². The molecule has 15 heavy (non-hydrogen) atoms. The number of rotatable bonds is 2. The van der Waals surface area contributed by atoms with Gasteiger partial charge in [-0.25, -0.2) is 4.98 Å². The zero-order chi connectivity index (χ0) is 10.7. The Morgan fingerprint density at radius 1 is 1.80 bits per heavy atom. The summed E-state index contributed by atoms with van der Waals surface area (Å²) in [4.78, 5) is 17.3. The molecule has 0 aliphatic carbocycles. The number of nitrogens with zero attached hydrogens (tertiary/aromatic N) is 2. The Morgan fingerprint density at radius 3 is 3.33 bits per heavy atom. The first-order valence-corrected chi connectivity index (χ1v) is 5.61. The molecule has 80 valence electrons. The van der Waals surface area contributed by atoms with Gasteiger partial charge in [-0.1, -0.05) is 6.58 Å². The van der Waals surface area contributed by atoms with Crippen LogP contribution in [0, 0.1) is 0 Å². The zero-order valence-electron chi connectivity index (χ0n) is 8.26. The largest absolute Gasteiger partial charge is 0.367 e. The minimum atomic E-state index is -0.0809. The van der Waals surface area contributed by atoms with E-state index in [1.54, 1.807) is 22.4 Å². The number of aromatic nitrogens is 1. The van der Waals surface area contributed by atoms with Gasteiger partial charge in [-0.2, -0.15) is 0 Å². The smallest absolute Gasteiger partial charge is 0.246 e. The number of hydrogen-bond acceptors (Lipinski definition) is 4. The first-order chi connectivity index (χ1) is 7.31. The number of thiazole rings is 1. The fourth-order valence-electron chi connectivity index (χ4n) is 1.52. The minimum absolute atomic E-state index is 0.0418. The van der Waals surface area contributed by atoms with Crippen LogP contribution in [0.5, 0.6) is 0 Å². The molecular formula is C10H12N2O2S. The highest BCUT2D eigenvalue weighted by atomic mass is 32.1. The summed E-state index contributed by atoms with van der Waals surface area (Å²) < 4.78 is 5.57. The Balaban J connectivity index is 2.04. The molecule has 2 rings (SSSR count). The van der Waals surface area contributed by atoms with Crippen molar-refractivity contribution in [3.05, 3.63) is 29.2 Å². The molecule has 1 fully saturated rings. The van der Waals surface area contributed by atoms with Gasteiger partial charge in [0.1, 0.15) is 11.1 Å². The average Bonchev–Trinajstić information content (AvgIpc) is 2.82. The van der Waals surface area contributed by atoms with Gasteiger partial charge >= 0.3 is 0 Å². The Bertz CT molecular complexity index is 350. The van der Waals surface area contributed by atoms with Gasteiger partial charge in [-0.05, 0) is 6.08 Å². The van der Waals surface area contributed by atoms with Crippen molar-refractivity contribution in [3.8, 4) is 0 Å². The predicted octanol–water partition coefficient (Wildman–Crippen LogP) is 1.23. The van der Waals surface area contributed by atoms with Gasteiger partial charge in [0.25, 0.3) is 0 Å². The standard InChI is InChI=1S/C10H12N2O2S/c1-2-9(13)12-4-5-14-8(7-12)10-11-3-6-15-10/h2-3,6,8H,1,4-5,7H2. The summed E-state index contributed by atoms with van der Waals surface area (Å²) in [5.74, 6) is -0.0418. The molecule has 0 spiro atoms. The summed E-state index contributed by atoms with van der Waals surface area (Å²) in [6, 6.07) is 0. The van der Waals surface area contributed by atoms with Crippen LogP contribution in [-0.4, -0.2) is 35.5 Å². The molecule has 1 aliphatic rings. The molecule has 1 unspecified atom stereocenters. The van der Waals surface area contributed by atoms with Gasteiger partial charge in [0, 0.05) is 18.1 Å². The van der Waals surface area contributed by atoms with E-state index in [2.05, 4.69) is 11.6 Å². The Morgan fingerprint density at radius 2 is 2.67 bits per heavy atom. The quantitative estimate of drug-likeness (QED) is 0.710. The highest BCUT2D eigenvalue weighted by Gasteiger charge is 2.25. The number of carbonyl (C=O) groups is 1. The Kier molecular flexibility index (Phi) is 3.13. The summed E-state index contributed by atoms with van der Waals surface area (Å²) in [5.41, 5.74) is 0. The molecule has 1 atom stereocenters. The molecule has 0 aromatic carbocycles. The van der Waals surface area contributed by atoms with Crippen LogP contribution in [0.3, 0.4) is 0 Å². The number of morpholine rings is 1. The molecule has 5 heteroatoms. The van der Waals surface area contributed by atoms with Crippen LogP contribution in [0.2, 0.25) is 0 Å². The molecular weight excluding hydrogens is 212 g/mol. The summed E-state index contributed by atoms with van der Waals surface area (Å²) in [7, 11) is 0. The van der Waals surface area contributed by atoms with Crippen LogP contribution in [0.4, 0.5) is 0 Å². The van der Waals surface area contributed by atoms with E-state index >= 15 is 0 Å². The number of hydrogen-bond donors (Lipinski definition) is 0. The number of ether oxygens (including phenoxy) is 1. The summed E-state index contributed by atoms with van der Waals surface area (Å²) in [5, 5.41) is 2.84. The van der Waals surface area contributed by atoms with Crippen LogP contribution in [-0.2, 0) is 9.53 Å². The molecule has 4 nitrogen and oxygen atoms in total. The van der Waals surface area contributed by atoms with Crippen LogP contribution in [0.25, 0.3) is 0 Å². The lowest BCUT2D eigenvalue weighted by Crippen LogP contribution is -2.41. The second-order valence-electron chi connectivity index (χ2n) is 3.22.